The minimum absolute atomic E-state index is 0.108. The van der Waals surface area contributed by atoms with Crippen LogP contribution in [0.2, 0.25) is 0 Å². The molecule has 8 aromatic carbocycles. The quantitative estimate of drug-likeness (QED) is 0.0940. The van der Waals surface area contributed by atoms with Crippen LogP contribution in [-0.2, 0) is 0 Å². The van der Waals surface area contributed by atoms with E-state index in [9.17, 15) is 10.1 Å². The van der Waals surface area contributed by atoms with Crippen LogP contribution >= 0.6 is 0 Å². The van der Waals surface area contributed by atoms with Crippen LogP contribution in [0.15, 0.2) is 176 Å². The monoisotopic (exact) mass is 753 g/mol. The highest BCUT2D eigenvalue weighted by Crippen LogP contribution is 2.39. The summed E-state index contributed by atoms with van der Waals surface area (Å²) >= 11 is 0. The van der Waals surface area contributed by atoms with Gasteiger partial charge in [-0.2, -0.15) is 5.26 Å². The number of rotatable bonds is 7. The molecule has 0 aliphatic carbocycles. The number of aldehydes is 1. The zero-order valence-corrected chi connectivity index (χ0v) is 32.1. The Balaban J connectivity index is 1.21. The van der Waals surface area contributed by atoms with Crippen molar-refractivity contribution < 1.29 is 9.53 Å². The van der Waals surface area contributed by atoms with Gasteiger partial charge in [0.2, 0.25) is 13.4 Å². The normalized spacial score (nSPS) is 12.1. The number of nitriles is 1. The van der Waals surface area contributed by atoms with E-state index in [2.05, 4.69) is 137 Å². The van der Waals surface area contributed by atoms with Crippen molar-refractivity contribution in [1.82, 2.24) is 0 Å². The molecule has 0 unspecified atom stereocenters. The molecule has 8 aromatic rings. The Hall–Kier alpha value is -7.86. The highest BCUT2D eigenvalue weighted by atomic mass is 16.5. The van der Waals surface area contributed by atoms with Gasteiger partial charge >= 0.3 is 0 Å². The summed E-state index contributed by atoms with van der Waals surface area (Å²) < 4.78 is 5.41. The van der Waals surface area contributed by atoms with Gasteiger partial charge in [-0.3, -0.25) is 4.79 Å². The molecular weight excluding hydrogens is 720 g/mol. The molecule has 10 rings (SSSR count). The Labute approximate surface area is 344 Å². The lowest BCUT2D eigenvalue weighted by molar-refractivity contribution is 0.112. The maximum atomic E-state index is 11.3. The van der Waals surface area contributed by atoms with Crippen molar-refractivity contribution in [2.24, 2.45) is 0 Å². The SMILES string of the molecule is [C-]#[N+]c1cc(C#N)cc(-c2cc3c4c(c2)B(c2ccc(-c5ccc(OC)cc5)cc2)c2ccccc2N4c2ccccc2B3c2ccc(-c3ccc(C=O)cc3)cc2)c1. The molecule has 0 saturated carbocycles. The van der Waals surface area contributed by atoms with Crippen LogP contribution < -0.4 is 42.4 Å². The number of para-hydroxylation sites is 2. The number of benzene rings is 8. The Morgan fingerprint density at radius 3 is 1.53 bits per heavy atom. The highest BCUT2D eigenvalue weighted by molar-refractivity contribution is 7.02. The van der Waals surface area contributed by atoms with Crippen molar-refractivity contribution in [3.05, 3.63) is 198 Å². The summed E-state index contributed by atoms with van der Waals surface area (Å²) in [4.78, 5) is 17.5. The average molecular weight is 753 g/mol. The van der Waals surface area contributed by atoms with E-state index < -0.39 is 0 Å². The number of carbonyl (C=O) groups excluding carboxylic acids is 1. The molecule has 0 amide bonds. The summed E-state index contributed by atoms with van der Waals surface area (Å²) in [5, 5.41) is 10.0. The predicted octanol–water partition coefficient (Wildman–Crippen LogP) is 8.06. The molecule has 0 saturated heterocycles. The van der Waals surface area contributed by atoms with Gasteiger partial charge in [-0.1, -0.05) is 144 Å². The number of anilines is 3. The summed E-state index contributed by atoms with van der Waals surface area (Å²) in [5.41, 5.74) is 18.1. The molecule has 0 fully saturated rings. The first-order valence-corrected chi connectivity index (χ1v) is 19.5. The van der Waals surface area contributed by atoms with Crippen LogP contribution in [0, 0.1) is 17.9 Å². The van der Waals surface area contributed by atoms with Crippen LogP contribution in [0.3, 0.4) is 0 Å². The first kappa shape index (κ1) is 35.5. The van der Waals surface area contributed by atoms with E-state index in [1.165, 1.54) is 16.4 Å². The zero-order valence-electron chi connectivity index (χ0n) is 32.1. The molecule has 0 radical (unpaired) electrons. The standard InChI is InChI=1S/C52H33B2N3O2/c1-56-44-28-35(32-55)27-40(29-44)41-30-48-52-49(31-41)54(43-23-17-38(18-24-43)39-19-25-45(59-2)26-20-39)47-8-4-6-10-51(47)57(52)50-9-5-3-7-46(50)53(48)42-21-15-37(16-22-42)36-13-11-34(33-58)12-14-36/h3-31,33H,2H3. The molecule has 0 N–H and O–H groups in total. The highest BCUT2D eigenvalue weighted by Gasteiger charge is 2.43. The van der Waals surface area contributed by atoms with E-state index in [-0.39, 0.29) is 13.4 Å². The number of fused-ring (bicyclic) bond motifs is 4. The van der Waals surface area contributed by atoms with E-state index in [1.807, 2.05) is 48.5 Å². The van der Waals surface area contributed by atoms with E-state index in [0.717, 1.165) is 78.9 Å². The Kier molecular flexibility index (Phi) is 8.78. The second kappa shape index (κ2) is 14.6. The summed E-state index contributed by atoms with van der Waals surface area (Å²) in [5.74, 6) is 0.823. The fraction of sp³-hybridized carbons (Fsp3) is 0.0192. The summed E-state index contributed by atoms with van der Waals surface area (Å²) in [7, 11) is 1.68. The topological polar surface area (TPSA) is 57.7 Å². The largest absolute Gasteiger partial charge is 0.497 e. The first-order chi connectivity index (χ1) is 29.0. The van der Waals surface area contributed by atoms with Gasteiger partial charge < -0.3 is 9.64 Å². The minimum Gasteiger partial charge on any atom is -0.497 e. The number of nitrogens with zero attached hydrogens (tertiary/aromatic N) is 3. The molecule has 0 spiro atoms. The fourth-order valence-electron chi connectivity index (χ4n) is 9.02. The molecule has 0 atom stereocenters. The summed E-state index contributed by atoms with van der Waals surface area (Å²) in [6.07, 6.45) is 0.866. The Morgan fingerprint density at radius 1 is 0.576 bits per heavy atom. The number of ether oxygens (including phenoxy) is 1. The van der Waals surface area contributed by atoms with Gasteiger partial charge in [0.1, 0.15) is 12.0 Å². The zero-order chi connectivity index (χ0) is 40.0. The van der Waals surface area contributed by atoms with Gasteiger partial charge in [0.25, 0.3) is 0 Å². The van der Waals surface area contributed by atoms with Crippen LogP contribution in [0.25, 0.3) is 38.2 Å². The molecule has 0 aromatic heterocycles. The number of hydrogen-bond donors (Lipinski definition) is 0. The molecule has 274 valence electrons. The minimum atomic E-state index is -0.120. The molecule has 2 aliphatic rings. The average Bonchev–Trinajstić information content (AvgIpc) is 3.31. The van der Waals surface area contributed by atoms with Crippen molar-refractivity contribution in [2.75, 3.05) is 12.0 Å². The van der Waals surface area contributed by atoms with E-state index >= 15 is 0 Å². The maximum absolute atomic E-state index is 11.3. The summed E-state index contributed by atoms with van der Waals surface area (Å²) in [6, 6.07) is 63.2. The van der Waals surface area contributed by atoms with Gasteiger partial charge in [0.15, 0.2) is 5.69 Å². The van der Waals surface area contributed by atoms with Crippen molar-refractivity contribution in [2.45, 2.75) is 0 Å². The van der Waals surface area contributed by atoms with E-state index in [4.69, 9.17) is 11.3 Å². The van der Waals surface area contributed by atoms with Gasteiger partial charge in [0.05, 0.1) is 19.8 Å². The van der Waals surface area contributed by atoms with Crippen LogP contribution in [0.1, 0.15) is 15.9 Å². The molecule has 59 heavy (non-hydrogen) atoms. The molecule has 0 bridgehead atoms. The fourth-order valence-corrected chi connectivity index (χ4v) is 9.02. The molecular formula is C52H33B2N3O2. The maximum Gasteiger partial charge on any atom is 0.246 e. The second-order valence-electron chi connectivity index (χ2n) is 15.0. The van der Waals surface area contributed by atoms with Crippen molar-refractivity contribution >= 4 is 75.2 Å². The van der Waals surface area contributed by atoms with Gasteiger partial charge in [-0.15, -0.1) is 0 Å². The molecule has 5 nitrogen and oxygen atoms in total. The number of carbonyl (C=O) groups is 1. The third-order valence-corrected chi connectivity index (χ3v) is 11.8. The van der Waals surface area contributed by atoms with E-state index in [0.29, 0.717) is 16.8 Å². The van der Waals surface area contributed by atoms with Crippen molar-refractivity contribution in [1.29, 1.82) is 5.26 Å². The second-order valence-corrected chi connectivity index (χ2v) is 15.0. The van der Waals surface area contributed by atoms with Gasteiger partial charge in [0, 0.05) is 28.2 Å². The van der Waals surface area contributed by atoms with Gasteiger partial charge in [-0.05, 0) is 97.7 Å². The lowest BCUT2D eigenvalue weighted by atomic mass is 9.30. The molecule has 2 aliphatic heterocycles. The van der Waals surface area contributed by atoms with Crippen molar-refractivity contribution in [3.8, 4) is 45.2 Å². The number of hydrogen-bond acceptors (Lipinski definition) is 4. The van der Waals surface area contributed by atoms with Crippen LogP contribution in [0.4, 0.5) is 22.7 Å². The first-order valence-electron chi connectivity index (χ1n) is 19.5. The molecule has 2 heterocycles. The van der Waals surface area contributed by atoms with E-state index in [1.54, 1.807) is 13.2 Å². The Morgan fingerprint density at radius 2 is 1.05 bits per heavy atom. The third kappa shape index (κ3) is 6.09. The van der Waals surface area contributed by atoms with Crippen molar-refractivity contribution in [3.63, 3.8) is 0 Å². The third-order valence-electron chi connectivity index (χ3n) is 11.8. The predicted molar refractivity (Wildman–Crippen MR) is 243 cm³/mol. The molecule has 7 heteroatoms. The number of methoxy groups -OCH3 is 1. The lowest BCUT2D eigenvalue weighted by Gasteiger charge is -2.44. The smallest absolute Gasteiger partial charge is 0.246 e. The summed E-state index contributed by atoms with van der Waals surface area (Å²) in [6.45, 7) is 7.65. The lowest BCUT2D eigenvalue weighted by Crippen LogP contribution is -2.65. The van der Waals surface area contributed by atoms with Crippen LogP contribution in [-0.4, -0.2) is 26.8 Å². The van der Waals surface area contributed by atoms with Crippen LogP contribution in [0.5, 0.6) is 5.75 Å². The van der Waals surface area contributed by atoms with Gasteiger partial charge in [-0.25, -0.2) is 4.85 Å². The Bertz CT molecular complexity index is 2990.